The van der Waals surface area contributed by atoms with Crippen molar-refractivity contribution >= 4 is 22.9 Å². The second kappa shape index (κ2) is 11.8. The summed E-state index contributed by atoms with van der Waals surface area (Å²) in [5, 5.41) is 9.83. The number of hydrogen-bond acceptors (Lipinski definition) is 10. The lowest BCUT2D eigenvalue weighted by molar-refractivity contribution is -0.0513. The van der Waals surface area contributed by atoms with E-state index in [1.54, 1.807) is 25.4 Å². The Labute approximate surface area is 232 Å². The van der Waals surface area contributed by atoms with Gasteiger partial charge in [-0.1, -0.05) is 12.1 Å². The molecule has 212 valence electrons. The summed E-state index contributed by atoms with van der Waals surface area (Å²) in [6.45, 7) is 2.78. The molecule has 1 aromatic carbocycles. The van der Waals surface area contributed by atoms with Crippen LogP contribution in [0.4, 0.5) is 8.78 Å². The Morgan fingerprint density at radius 1 is 1.18 bits per heavy atom. The van der Waals surface area contributed by atoms with Crippen LogP contribution in [0.5, 0.6) is 11.6 Å². The Morgan fingerprint density at radius 2 is 1.95 bits per heavy atom. The van der Waals surface area contributed by atoms with E-state index in [0.29, 0.717) is 28.5 Å². The van der Waals surface area contributed by atoms with E-state index < -0.39 is 18.6 Å². The zero-order valence-electron chi connectivity index (χ0n) is 22.0. The molecule has 3 aromatic heterocycles. The van der Waals surface area contributed by atoms with Crippen molar-refractivity contribution in [1.82, 2.24) is 29.2 Å². The maximum atomic E-state index is 13.0. The summed E-state index contributed by atoms with van der Waals surface area (Å²) in [5.74, 6) is -0.917. The van der Waals surface area contributed by atoms with Crippen molar-refractivity contribution in [2.45, 2.75) is 32.8 Å². The summed E-state index contributed by atoms with van der Waals surface area (Å²) in [5.41, 5.74) is 8.43. The number of carbonyl (C=O) groups is 1. The number of piperazine rings is 1. The van der Waals surface area contributed by atoms with Crippen LogP contribution in [-0.2, 0) is 13.2 Å². The lowest BCUT2D eigenvalue weighted by Gasteiger charge is -2.32. The molecule has 0 aliphatic carbocycles. The van der Waals surface area contributed by atoms with Gasteiger partial charge in [-0.2, -0.15) is 13.8 Å². The number of halogens is 2. The van der Waals surface area contributed by atoms with Gasteiger partial charge in [0, 0.05) is 44.5 Å². The molecule has 0 saturated carbocycles. The number of likely N-dealkylation sites (N-methyl/N-ethyl adjacent to an activating group) is 1. The van der Waals surface area contributed by atoms with Gasteiger partial charge in [0.2, 0.25) is 5.88 Å². The van der Waals surface area contributed by atoms with Crippen LogP contribution in [0.15, 0.2) is 36.8 Å². The fourth-order valence-electron chi connectivity index (χ4n) is 4.50. The van der Waals surface area contributed by atoms with Crippen LogP contribution in [0.1, 0.15) is 39.5 Å². The second-order valence-electron chi connectivity index (χ2n) is 9.52. The molecule has 4 aromatic rings. The van der Waals surface area contributed by atoms with E-state index in [1.807, 2.05) is 10.6 Å². The highest BCUT2D eigenvalue weighted by molar-refractivity contribution is 7.17. The molecule has 5 rings (SSSR count). The van der Waals surface area contributed by atoms with Crippen LogP contribution in [0, 0.1) is 0 Å². The first-order valence-electron chi connectivity index (χ1n) is 12.6. The van der Waals surface area contributed by atoms with Crippen molar-refractivity contribution in [1.29, 1.82) is 0 Å². The number of amides is 1. The number of nitrogens with zero attached hydrogens (tertiary/aromatic N) is 6. The van der Waals surface area contributed by atoms with Crippen molar-refractivity contribution in [2.24, 2.45) is 5.73 Å². The van der Waals surface area contributed by atoms with Crippen LogP contribution in [0.25, 0.3) is 16.3 Å². The molecule has 1 fully saturated rings. The monoisotopic (exact) mass is 573 g/mol. The average molecular weight is 574 g/mol. The van der Waals surface area contributed by atoms with E-state index in [0.717, 1.165) is 43.2 Å². The number of aromatic nitrogens is 4. The van der Waals surface area contributed by atoms with Gasteiger partial charge in [0.15, 0.2) is 10.5 Å². The highest BCUT2D eigenvalue weighted by Crippen LogP contribution is 2.37. The van der Waals surface area contributed by atoms with E-state index in [1.165, 1.54) is 12.1 Å². The molecule has 1 amide bonds. The summed E-state index contributed by atoms with van der Waals surface area (Å²) in [4.78, 5) is 30.5. The standard InChI is InChI=1S/C26H29F2N7O4S/c1-15(18-4-3-16(14-36)9-20(18)39-26(27)28)38-24-22(23(29)37)40-25(32-24)19-10-31-21-11-30-17(13-35(19)21)12-34-7-5-33(2)6-8-34/h3-4,9-11,13,15,26,36H,5-8,12,14H2,1-2H3,(H2,29,37). The van der Waals surface area contributed by atoms with Crippen LogP contribution in [0.2, 0.25) is 0 Å². The van der Waals surface area contributed by atoms with E-state index >= 15 is 0 Å². The van der Waals surface area contributed by atoms with Gasteiger partial charge in [0.1, 0.15) is 22.6 Å². The van der Waals surface area contributed by atoms with Gasteiger partial charge >= 0.3 is 6.61 Å². The smallest absolute Gasteiger partial charge is 0.387 e. The summed E-state index contributed by atoms with van der Waals surface area (Å²) >= 11 is 1.05. The van der Waals surface area contributed by atoms with E-state index in [-0.39, 0.29) is 28.7 Å². The molecule has 14 heteroatoms. The molecule has 11 nitrogen and oxygen atoms in total. The number of hydrogen-bond donors (Lipinski definition) is 2. The fraction of sp³-hybridized carbons (Fsp3) is 0.385. The molecule has 4 heterocycles. The normalized spacial score (nSPS) is 15.6. The Bertz CT molecular complexity index is 1500. The fourth-order valence-corrected chi connectivity index (χ4v) is 5.36. The van der Waals surface area contributed by atoms with E-state index in [9.17, 15) is 18.7 Å². The van der Waals surface area contributed by atoms with Crippen LogP contribution >= 0.6 is 11.3 Å². The first-order valence-corrected chi connectivity index (χ1v) is 13.4. The minimum absolute atomic E-state index is 0.0316. The molecular formula is C26H29F2N7O4S. The van der Waals surface area contributed by atoms with Gasteiger partial charge in [-0.3, -0.25) is 19.1 Å². The average Bonchev–Trinajstić information content (AvgIpc) is 3.53. The van der Waals surface area contributed by atoms with Gasteiger partial charge in [-0.25, -0.2) is 4.98 Å². The largest absolute Gasteiger partial charge is 0.468 e. The Hall–Kier alpha value is -3.72. The van der Waals surface area contributed by atoms with E-state index in [2.05, 4.69) is 36.5 Å². The Balaban J connectivity index is 1.43. The highest BCUT2D eigenvalue weighted by Gasteiger charge is 2.25. The Kier molecular flexibility index (Phi) is 8.21. The van der Waals surface area contributed by atoms with Crippen LogP contribution in [0.3, 0.4) is 0 Å². The SMILES string of the molecule is CC(Oc1nc(-c2cnc3cnc(CN4CCN(C)CC4)cn23)sc1C(N)=O)c1ccc(CO)cc1OC(F)F. The quantitative estimate of drug-likeness (QED) is 0.294. The third-order valence-electron chi connectivity index (χ3n) is 6.67. The van der Waals surface area contributed by atoms with Gasteiger partial charge < -0.3 is 25.2 Å². The molecule has 0 bridgehead atoms. The number of carbonyl (C=O) groups excluding carboxylic acids is 1. The predicted molar refractivity (Wildman–Crippen MR) is 143 cm³/mol. The number of aliphatic hydroxyl groups is 1. The topological polar surface area (TPSA) is 131 Å². The van der Waals surface area contributed by atoms with Crippen molar-refractivity contribution < 1.29 is 28.2 Å². The number of thiazole rings is 1. The molecule has 1 unspecified atom stereocenters. The van der Waals surface area contributed by atoms with Crippen molar-refractivity contribution in [3.8, 4) is 22.3 Å². The number of nitrogens with two attached hydrogens (primary N) is 1. The zero-order chi connectivity index (χ0) is 28.4. The van der Waals surface area contributed by atoms with Crippen molar-refractivity contribution in [3.05, 3.63) is 58.5 Å². The van der Waals surface area contributed by atoms with Gasteiger partial charge in [-0.15, -0.1) is 11.3 Å². The lowest BCUT2D eigenvalue weighted by Crippen LogP contribution is -2.44. The molecule has 1 aliphatic rings. The first-order chi connectivity index (χ1) is 19.2. The second-order valence-corrected chi connectivity index (χ2v) is 10.5. The molecule has 3 N–H and O–H groups in total. The lowest BCUT2D eigenvalue weighted by atomic mass is 10.1. The summed E-state index contributed by atoms with van der Waals surface area (Å²) in [6, 6.07) is 4.40. The summed E-state index contributed by atoms with van der Waals surface area (Å²) in [7, 11) is 2.11. The van der Waals surface area contributed by atoms with Crippen molar-refractivity contribution in [2.75, 3.05) is 33.2 Å². The third-order valence-corrected chi connectivity index (χ3v) is 7.75. The number of aliphatic hydroxyl groups excluding tert-OH is 1. The minimum atomic E-state index is -3.07. The number of ether oxygens (including phenoxy) is 2. The number of alkyl halides is 2. The van der Waals surface area contributed by atoms with Gasteiger partial charge in [0.25, 0.3) is 5.91 Å². The van der Waals surface area contributed by atoms with Crippen molar-refractivity contribution in [3.63, 3.8) is 0 Å². The maximum absolute atomic E-state index is 13.0. The first kappa shape index (κ1) is 27.8. The molecule has 1 saturated heterocycles. The van der Waals surface area contributed by atoms with Gasteiger partial charge in [-0.05, 0) is 25.6 Å². The number of fused-ring (bicyclic) bond motifs is 1. The summed E-state index contributed by atoms with van der Waals surface area (Å²) in [6.07, 6.45) is 4.39. The number of imidazole rings is 1. The zero-order valence-corrected chi connectivity index (χ0v) is 22.8. The molecule has 0 radical (unpaired) electrons. The number of benzene rings is 1. The number of primary amides is 1. The van der Waals surface area contributed by atoms with Crippen LogP contribution < -0.4 is 15.2 Å². The molecular weight excluding hydrogens is 544 g/mol. The minimum Gasteiger partial charge on any atom is -0.468 e. The highest BCUT2D eigenvalue weighted by atomic mass is 32.1. The van der Waals surface area contributed by atoms with Gasteiger partial charge in [0.05, 0.1) is 24.7 Å². The maximum Gasteiger partial charge on any atom is 0.387 e. The molecule has 1 aliphatic heterocycles. The molecule has 40 heavy (non-hydrogen) atoms. The molecule has 0 spiro atoms. The number of rotatable bonds is 10. The Morgan fingerprint density at radius 3 is 2.65 bits per heavy atom. The predicted octanol–water partition coefficient (Wildman–Crippen LogP) is 2.93. The summed E-state index contributed by atoms with van der Waals surface area (Å²) < 4.78 is 38.6. The molecule has 1 atom stereocenters. The van der Waals surface area contributed by atoms with E-state index in [4.69, 9.17) is 10.5 Å². The van der Waals surface area contributed by atoms with Crippen LogP contribution in [-0.4, -0.2) is 80.0 Å². The third kappa shape index (κ3) is 6.04.